The number of nitrogens with zero attached hydrogens (tertiary/aromatic N) is 2. The third-order valence-corrected chi connectivity index (χ3v) is 3.58. The minimum absolute atomic E-state index is 0.0132. The summed E-state index contributed by atoms with van der Waals surface area (Å²) in [6.07, 6.45) is 5.80. The highest BCUT2D eigenvalue weighted by Gasteiger charge is 2.14. The highest BCUT2D eigenvalue weighted by molar-refractivity contribution is 5.36. The number of nitrogens with two attached hydrogens (primary N) is 1. The van der Waals surface area contributed by atoms with Crippen LogP contribution in [0.1, 0.15) is 41.9 Å². The van der Waals surface area contributed by atoms with Gasteiger partial charge in [0.15, 0.2) is 0 Å². The van der Waals surface area contributed by atoms with Crippen molar-refractivity contribution in [2.45, 2.75) is 46.2 Å². The van der Waals surface area contributed by atoms with Crippen LogP contribution in [0, 0.1) is 13.8 Å². The topological polar surface area (TPSA) is 43.8 Å². The molecule has 3 nitrogen and oxygen atoms in total. The van der Waals surface area contributed by atoms with Gasteiger partial charge in [-0.05, 0) is 37.0 Å². The van der Waals surface area contributed by atoms with E-state index < -0.39 is 0 Å². The van der Waals surface area contributed by atoms with Gasteiger partial charge in [-0.3, -0.25) is 0 Å². The van der Waals surface area contributed by atoms with Gasteiger partial charge in [0.05, 0.1) is 0 Å². The first-order chi connectivity index (χ1) is 9.13. The van der Waals surface area contributed by atoms with Crippen LogP contribution in [0.3, 0.4) is 0 Å². The SMILES string of the molecule is CCCn1ccnc1CC(N)c1c(C)cccc1C. The van der Waals surface area contributed by atoms with E-state index in [2.05, 4.69) is 48.5 Å². The molecule has 19 heavy (non-hydrogen) atoms. The van der Waals surface area contributed by atoms with Crippen LogP contribution in [-0.2, 0) is 13.0 Å². The molecule has 0 amide bonds. The number of hydrogen-bond donors (Lipinski definition) is 1. The lowest BCUT2D eigenvalue weighted by molar-refractivity contribution is 0.596. The summed E-state index contributed by atoms with van der Waals surface area (Å²) in [6, 6.07) is 6.35. The van der Waals surface area contributed by atoms with E-state index >= 15 is 0 Å². The standard InChI is InChI=1S/C16H23N3/c1-4-9-19-10-8-18-15(19)11-14(17)16-12(2)6-5-7-13(16)3/h5-8,10,14H,4,9,11,17H2,1-3H3. The number of imidazole rings is 1. The predicted octanol–water partition coefficient (Wildman–Crippen LogP) is 3.15. The Kier molecular flexibility index (Phi) is 4.38. The van der Waals surface area contributed by atoms with Crippen LogP contribution in [0.4, 0.5) is 0 Å². The first-order valence-corrected chi connectivity index (χ1v) is 6.95. The number of benzene rings is 1. The normalized spacial score (nSPS) is 12.6. The van der Waals surface area contributed by atoms with Gasteiger partial charge in [-0.2, -0.15) is 0 Å². The Morgan fingerprint density at radius 1 is 1.26 bits per heavy atom. The molecule has 1 aromatic heterocycles. The number of hydrogen-bond acceptors (Lipinski definition) is 2. The van der Waals surface area contributed by atoms with Gasteiger partial charge in [-0.1, -0.05) is 25.1 Å². The van der Waals surface area contributed by atoms with E-state index in [1.165, 1.54) is 16.7 Å². The summed E-state index contributed by atoms with van der Waals surface area (Å²) < 4.78 is 2.20. The molecule has 0 radical (unpaired) electrons. The van der Waals surface area contributed by atoms with Crippen LogP contribution in [0.25, 0.3) is 0 Å². The van der Waals surface area contributed by atoms with E-state index in [1.54, 1.807) is 0 Å². The molecule has 0 spiro atoms. The number of aromatic nitrogens is 2. The molecular weight excluding hydrogens is 234 g/mol. The maximum absolute atomic E-state index is 6.40. The van der Waals surface area contributed by atoms with Gasteiger partial charge >= 0.3 is 0 Å². The molecule has 0 aliphatic carbocycles. The molecule has 2 rings (SSSR count). The van der Waals surface area contributed by atoms with Crippen molar-refractivity contribution >= 4 is 0 Å². The average Bonchev–Trinajstić information content (AvgIpc) is 2.77. The molecule has 0 bridgehead atoms. The zero-order chi connectivity index (χ0) is 13.8. The van der Waals surface area contributed by atoms with Gasteiger partial charge in [0.1, 0.15) is 5.82 Å². The van der Waals surface area contributed by atoms with Crippen LogP contribution >= 0.6 is 0 Å². The van der Waals surface area contributed by atoms with E-state index in [0.29, 0.717) is 0 Å². The smallest absolute Gasteiger partial charge is 0.110 e. The number of rotatable bonds is 5. The van der Waals surface area contributed by atoms with Gasteiger partial charge < -0.3 is 10.3 Å². The summed E-state index contributed by atoms with van der Waals surface area (Å²) in [6.45, 7) is 7.44. The fourth-order valence-electron chi connectivity index (χ4n) is 2.69. The van der Waals surface area contributed by atoms with Gasteiger partial charge in [-0.15, -0.1) is 0 Å². The molecule has 0 aliphatic rings. The van der Waals surface area contributed by atoms with E-state index in [-0.39, 0.29) is 6.04 Å². The second-order valence-electron chi connectivity index (χ2n) is 5.15. The lowest BCUT2D eigenvalue weighted by Gasteiger charge is -2.18. The summed E-state index contributed by atoms with van der Waals surface area (Å²) >= 11 is 0. The average molecular weight is 257 g/mol. The van der Waals surface area contributed by atoms with Crippen LogP contribution in [0.5, 0.6) is 0 Å². The van der Waals surface area contributed by atoms with E-state index in [0.717, 1.165) is 25.2 Å². The first kappa shape index (κ1) is 13.8. The Bertz CT molecular complexity index is 522. The van der Waals surface area contributed by atoms with Crippen LogP contribution in [0.2, 0.25) is 0 Å². The van der Waals surface area contributed by atoms with Gasteiger partial charge in [0, 0.05) is 31.4 Å². The Balaban J connectivity index is 2.21. The molecule has 102 valence electrons. The fourth-order valence-corrected chi connectivity index (χ4v) is 2.69. The third-order valence-electron chi connectivity index (χ3n) is 3.58. The highest BCUT2D eigenvalue weighted by Crippen LogP contribution is 2.22. The summed E-state index contributed by atoms with van der Waals surface area (Å²) in [5, 5.41) is 0. The molecule has 0 saturated carbocycles. The van der Waals surface area contributed by atoms with E-state index in [1.807, 2.05) is 12.4 Å². The van der Waals surface area contributed by atoms with Crippen LogP contribution in [0.15, 0.2) is 30.6 Å². The minimum Gasteiger partial charge on any atom is -0.335 e. The van der Waals surface area contributed by atoms with Gasteiger partial charge in [0.2, 0.25) is 0 Å². The van der Waals surface area contributed by atoms with Crippen molar-refractivity contribution in [3.63, 3.8) is 0 Å². The quantitative estimate of drug-likeness (QED) is 0.894. The zero-order valence-corrected chi connectivity index (χ0v) is 12.1. The minimum atomic E-state index is 0.0132. The molecule has 0 saturated heterocycles. The molecule has 0 fully saturated rings. The van der Waals surface area contributed by atoms with Crippen molar-refractivity contribution in [1.29, 1.82) is 0 Å². The predicted molar refractivity (Wildman–Crippen MR) is 79.1 cm³/mol. The van der Waals surface area contributed by atoms with Crippen LogP contribution in [-0.4, -0.2) is 9.55 Å². The Morgan fingerprint density at radius 3 is 2.58 bits per heavy atom. The largest absolute Gasteiger partial charge is 0.335 e. The Hall–Kier alpha value is -1.61. The summed E-state index contributed by atoms with van der Waals surface area (Å²) in [5.74, 6) is 1.08. The molecular formula is C16H23N3. The molecule has 1 heterocycles. The van der Waals surface area contributed by atoms with Crippen molar-refractivity contribution in [2.24, 2.45) is 5.73 Å². The molecule has 3 heteroatoms. The lowest BCUT2D eigenvalue weighted by Crippen LogP contribution is -2.18. The fraction of sp³-hybridized carbons (Fsp3) is 0.438. The van der Waals surface area contributed by atoms with Gasteiger partial charge in [0.25, 0.3) is 0 Å². The number of aryl methyl sites for hydroxylation is 3. The summed E-state index contributed by atoms with van der Waals surface area (Å²) in [7, 11) is 0. The first-order valence-electron chi connectivity index (χ1n) is 6.95. The van der Waals surface area contributed by atoms with Crippen molar-refractivity contribution < 1.29 is 0 Å². The maximum Gasteiger partial charge on any atom is 0.110 e. The second-order valence-corrected chi connectivity index (χ2v) is 5.15. The van der Waals surface area contributed by atoms with Crippen molar-refractivity contribution in [1.82, 2.24) is 9.55 Å². The lowest BCUT2D eigenvalue weighted by atomic mass is 9.94. The van der Waals surface area contributed by atoms with Crippen molar-refractivity contribution in [2.75, 3.05) is 0 Å². The van der Waals surface area contributed by atoms with E-state index in [4.69, 9.17) is 5.73 Å². The monoisotopic (exact) mass is 257 g/mol. The van der Waals surface area contributed by atoms with Gasteiger partial charge in [-0.25, -0.2) is 4.98 Å². The maximum atomic E-state index is 6.40. The Morgan fingerprint density at radius 2 is 1.95 bits per heavy atom. The third kappa shape index (κ3) is 3.04. The molecule has 1 unspecified atom stereocenters. The zero-order valence-electron chi connectivity index (χ0n) is 12.1. The summed E-state index contributed by atoms with van der Waals surface area (Å²) in [5.41, 5.74) is 10.2. The van der Waals surface area contributed by atoms with E-state index in [9.17, 15) is 0 Å². The molecule has 1 aromatic carbocycles. The van der Waals surface area contributed by atoms with Crippen LogP contribution < -0.4 is 5.73 Å². The molecule has 1 atom stereocenters. The van der Waals surface area contributed by atoms with Crippen molar-refractivity contribution in [3.05, 3.63) is 53.1 Å². The summed E-state index contributed by atoms with van der Waals surface area (Å²) in [4.78, 5) is 4.44. The highest BCUT2D eigenvalue weighted by atomic mass is 15.1. The molecule has 0 aliphatic heterocycles. The second kappa shape index (κ2) is 6.02. The van der Waals surface area contributed by atoms with Crippen molar-refractivity contribution in [3.8, 4) is 0 Å². The molecule has 2 N–H and O–H groups in total. The Labute approximate surface area is 115 Å². The molecule has 2 aromatic rings.